The third-order valence-corrected chi connectivity index (χ3v) is 6.31. The van der Waals surface area contributed by atoms with Gasteiger partial charge < -0.3 is 10.2 Å². The van der Waals surface area contributed by atoms with E-state index in [0.717, 1.165) is 40.8 Å². The number of benzene rings is 3. The summed E-state index contributed by atoms with van der Waals surface area (Å²) in [5, 5.41) is 3.65. The van der Waals surface area contributed by atoms with Gasteiger partial charge in [0.2, 0.25) is 0 Å². The summed E-state index contributed by atoms with van der Waals surface area (Å²) < 4.78 is 13.5. The summed E-state index contributed by atoms with van der Waals surface area (Å²) in [7, 11) is 0. The highest BCUT2D eigenvalue weighted by molar-refractivity contribution is 6.31. The van der Waals surface area contributed by atoms with Crippen LogP contribution in [-0.2, 0) is 0 Å². The third kappa shape index (κ3) is 5.03. The fourth-order valence-corrected chi connectivity index (χ4v) is 4.18. The van der Waals surface area contributed by atoms with Crippen LogP contribution in [0, 0.1) is 19.7 Å². The molecule has 0 radical (unpaired) electrons. The van der Waals surface area contributed by atoms with Crippen LogP contribution < -0.4 is 5.32 Å². The number of urea groups is 1. The molecule has 0 aromatic heterocycles. The normalized spacial score (nSPS) is 13.8. The van der Waals surface area contributed by atoms with E-state index in [1.807, 2.05) is 36.1 Å². The Morgan fingerprint density at radius 2 is 1.50 bits per heavy atom. The Kier molecular flexibility index (Phi) is 6.61. The lowest BCUT2D eigenvalue weighted by molar-refractivity contribution is 0.207. The zero-order chi connectivity index (χ0) is 22.7. The van der Waals surface area contributed by atoms with E-state index in [2.05, 4.69) is 36.5 Å². The van der Waals surface area contributed by atoms with Crippen LogP contribution in [0.5, 0.6) is 0 Å². The smallest absolute Gasteiger partial charge is 0.321 e. The molecular weight excluding hydrogens is 423 g/mol. The number of piperidine rings is 1. The third-order valence-electron chi connectivity index (χ3n) is 5.89. The molecule has 164 valence electrons. The molecule has 32 heavy (non-hydrogen) atoms. The molecule has 0 bridgehead atoms. The standard InChI is InChI=1S/C27H26ClFN2O/c1-18-3-5-20(6-4-18)26(21-7-9-23(29)10-8-21)22-13-15-31(16-14-22)27(32)30-24-11-12-25(28)19(2)17-24/h3-12,17H,13-16H2,1-2H3,(H,30,32). The fourth-order valence-electron chi connectivity index (χ4n) is 4.07. The van der Waals surface area contributed by atoms with E-state index in [1.165, 1.54) is 23.3 Å². The van der Waals surface area contributed by atoms with Crippen molar-refractivity contribution in [1.29, 1.82) is 0 Å². The first-order valence-corrected chi connectivity index (χ1v) is 11.2. The average Bonchev–Trinajstić information content (AvgIpc) is 2.79. The van der Waals surface area contributed by atoms with Crippen molar-refractivity contribution < 1.29 is 9.18 Å². The Morgan fingerprint density at radius 1 is 0.906 bits per heavy atom. The van der Waals surface area contributed by atoms with Gasteiger partial charge in [-0.15, -0.1) is 0 Å². The summed E-state index contributed by atoms with van der Waals surface area (Å²) in [4.78, 5) is 14.6. The van der Waals surface area contributed by atoms with Gasteiger partial charge in [-0.25, -0.2) is 9.18 Å². The van der Waals surface area contributed by atoms with Crippen molar-refractivity contribution in [3.63, 3.8) is 0 Å². The van der Waals surface area contributed by atoms with Crippen molar-refractivity contribution in [3.05, 3.63) is 105 Å². The van der Waals surface area contributed by atoms with Gasteiger partial charge in [-0.2, -0.15) is 0 Å². The van der Waals surface area contributed by atoms with E-state index in [1.54, 1.807) is 6.07 Å². The Bertz CT molecular complexity index is 1100. The van der Waals surface area contributed by atoms with Gasteiger partial charge in [0.05, 0.1) is 0 Å². The highest BCUT2D eigenvalue weighted by atomic mass is 35.5. The van der Waals surface area contributed by atoms with Crippen LogP contribution in [0.1, 0.15) is 35.1 Å². The highest BCUT2D eigenvalue weighted by Crippen LogP contribution is 2.33. The molecule has 0 atom stereocenters. The van der Waals surface area contributed by atoms with Crippen LogP contribution in [0.3, 0.4) is 0 Å². The Balaban J connectivity index is 1.54. The van der Waals surface area contributed by atoms with Gasteiger partial charge in [0, 0.05) is 23.8 Å². The van der Waals surface area contributed by atoms with Crippen molar-refractivity contribution in [2.75, 3.05) is 18.4 Å². The van der Waals surface area contributed by atoms with Crippen molar-refractivity contribution in [1.82, 2.24) is 4.90 Å². The quantitative estimate of drug-likeness (QED) is 0.450. The van der Waals surface area contributed by atoms with Crippen LogP contribution in [0.15, 0.2) is 72.3 Å². The minimum absolute atomic E-state index is 0.107. The second-order valence-corrected chi connectivity index (χ2v) is 8.64. The number of hydrogen-bond donors (Lipinski definition) is 1. The van der Waals surface area contributed by atoms with Gasteiger partial charge in [0.25, 0.3) is 0 Å². The average molecular weight is 449 g/mol. The maximum atomic E-state index is 13.5. The summed E-state index contributed by atoms with van der Waals surface area (Å²) in [6.07, 6.45) is 1.54. The second kappa shape index (κ2) is 9.58. The lowest BCUT2D eigenvalue weighted by Gasteiger charge is -2.30. The number of amides is 2. The minimum Gasteiger partial charge on any atom is -0.324 e. The topological polar surface area (TPSA) is 32.3 Å². The molecular formula is C27H26ClFN2O. The van der Waals surface area contributed by atoms with E-state index < -0.39 is 0 Å². The molecule has 0 spiro atoms. The molecule has 0 saturated carbocycles. The predicted octanol–water partition coefficient (Wildman–Crippen LogP) is 7.23. The molecule has 3 nitrogen and oxygen atoms in total. The lowest BCUT2D eigenvalue weighted by atomic mass is 9.88. The SMILES string of the molecule is Cc1ccc(C(=C2CCN(C(=O)Nc3ccc(Cl)c(C)c3)CC2)c2ccc(F)cc2)cc1. The molecule has 1 aliphatic rings. The monoisotopic (exact) mass is 448 g/mol. The Morgan fingerprint density at radius 3 is 2.09 bits per heavy atom. The molecule has 2 amide bonds. The lowest BCUT2D eigenvalue weighted by Crippen LogP contribution is -2.39. The van der Waals surface area contributed by atoms with E-state index in [9.17, 15) is 9.18 Å². The van der Waals surface area contributed by atoms with Gasteiger partial charge >= 0.3 is 6.03 Å². The molecule has 0 aliphatic carbocycles. The van der Waals surface area contributed by atoms with E-state index in [0.29, 0.717) is 18.1 Å². The molecule has 3 aromatic carbocycles. The van der Waals surface area contributed by atoms with Crippen molar-refractivity contribution >= 4 is 28.9 Å². The number of nitrogens with zero attached hydrogens (tertiary/aromatic N) is 1. The second-order valence-electron chi connectivity index (χ2n) is 8.23. The summed E-state index contributed by atoms with van der Waals surface area (Å²) >= 11 is 6.08. The molecule has 5 heteroatoms. The van der Waals surface area contributed by atoms with Gasteiger partial charge in [0.15, 0.2) is 0 Å². The summed E-state index contributed by atoms with van der Waals surface area (Å²) in [6.45, 7) is 5.24. The minimum atomic E-state index is -0.245. The number of nitrogens with one attached hydrogen (secondary N) is 1. The molecule has 1 aliphatic heterocycles. The molecule has 1 heterocycles. The first kappa shape index (κ1) is 22.1. The van der Waals surface area contributed by atoms with Crippen LogP contribution in [0.4, 0.5) is 14.9 Å². The number of halogens is 2. The fraction of sp³-hybridized carbons (Fsp3) is 0.222. The van der Waals surface area contributed by atoms with Crippen LogP contribution in [-0.4, -0.2) is 24.0 Å². The highest BCUT2D eigenvalue weighted by Gasteiger charge is 2.22. The first-order valence-electron chi connectivity index (χ1n) is 10.8. The van der Waals surface area contributed by atoms with E-state index >= 15 is 0 Å². The number of aryl methyl sites for hydroxylation is 2. The number of likely N-dealkylation sites (tertiary alicyclic amines) is 1. The number of hydrogen-bond acceptors (Lipinski definition) is 1. The maximum Gasteiger partial charge on any atom is 0.321 e. The van der Waals surface area contributed by atoms with Crippen LogP contribution in [0.2, 0.25) is 5.02 Å². The molecule has 1 saturated heterocycles. The number of carbonyl (C=O) groups excluding carboxylic acids is 1. The zero-order valence-corrected chi connectivity index (χ0v) is 19.0. The molecule has 1 fully saturated rings. The summed E-state index contributed by atoms with van der Waals surface area (Å²) in [5.41, 5.74) is 7.40. The number of carbonyl (C=O) groups is 1. The molecule has 3 aromatic rings. The predicted molar refractivity (Wildman–Crippen MR) is 130 cm³/mol. The summed E-state index contributed by atoms with van der Waals surface area (Å²) in [5.74, 6) is -0.245. The summed E-state index contributed by atoms with van der Waals surface area (Å²) in [6, 6.07) is 20.5. The van der Waals surface area contributed by atoms with Crippen molar-refractivity contribution in [3.8, 4) is 0 Å². The van der Waals surface area contributed by atoms with Gasteiger partial charge in [0.1, 0.15) is 5.82 Å². The maximum absolute atomic E-state index is 13.5. The van der Waals surface area contributed by atoms with E-state index in [4.69, 9.17) is 11.6 Å². The first-order chi connectivity index (χ1) is 15.4. The van der Waals surface area contributed by atoms with Gasteiger partial charge in [-0.05, 0) is 79.3 Å². The van der Waals surface area contributed by atoms with Gasteiger partial charge in [-0.3, -0.25) is 0 Å². The van der Waals surface area contributed by atoms with E-state index in [-0.39, 0.29) is 11.8 Å². The molecule has 0 unspecified atom stereocenters. The largest absolute Gasteiger partial charge is 0.324 e. The van der Waals surface area contributed by atoms with Crippen LogP contribution in [0.25, 0.3) is 5.57 Å². The molecule has 1 N–H and O–H groups in total. The van der Waals surface area contributed by atoms with Crippen molar-refractivity contribution in [2.24, 2.45) is 0 Å². The Hall–Kier alpha value is -3.11. The van der Waals surface area contributed by atoms with Gasteiger partial charge in [-0.1, -0.05) is 59.1 Å². The zero-order valence-electron chi connectivity index (χ0n) is 18.3. The molecule has 4 rings (SSSR count). The van der Waals surface area contributed by atoms with Crippen LogP contribution >= 0.6 is 11.6 Å². The Labute approximate surface area is 193 Å². The number of rotatable bonds is 3. The van der Waals surface area contributed by atoms with Crippen molar-refractivity contribution in [2.45, 2.75) is 26.7 Å². The number of anilines is 1.